The van der Waals surface area contributed by atoms with Crippen LogP contribution < -0.4 is 10.1 Å². The van der Waals surface area contributed by atoms with Crippen molar-refractivity contribution in [3.63, 3.8) is 0 Å². The van der Waals surface area contributed by atoms with Crippen molar-refractivity contribution in [1.29, 1.82) is 5.26 Å². The highest BCUT2D eigenvalue weighted by atomic mass is 35.5. The molecule has 1 N–H and O–H groups in total. The predicted molar refractivity (Wildman–Crippen MR) is 131 cm³/mol. The van der Waals surface area contributed by atoms with Crippen molar-refractivity contribution in [2.75, 3.05) is 5.32 Å². The van der Waals surface area contributed by atoms with Crippen LogP contribution in [-0.4, -0.2) is 5.91 Å². The Morgan fingerprint density at radius 3 is 2.34 bits per heavy atom. The number of benzene rings is 3. The van der Waals surface area contributed by atoms with Crippen molar-refractivity contribution < 1.29 is 9.53 Å². The van der Waals surface area contributed by atoms with Gasteiger partial charge in [0.05, 0.1) is 15.7 Å². The van der Waals surface area contributed by atoms with Crippen molar-refractivity contribution in [1.82, 2.24) is 0 Å². The van der Waals surface area contributed by atoms with Crippen LogP contribution >= 0.6 is 58.0 Å². The van der Waals surface area contributed by atoms with Gasteiger partial charge in [0.15, 0.2) is 0 Å². The van der Waals surface area contributed by atoms with Gasteiger partial charge in [-0.2, -0.15) is 5.26 Å². The number of rotatable bonds is 6. The minimum absolute atomic E-state index is 0.0753. The van der Waals surface area contributed by atoms with Gasteiger partial charge < -0.3 is 10.1 Å². The van der Waals surface area contributed by atoms with Crippen molar-refractivity contribution in [3.8, 4) is 11.8 Å². The van der Waals surface area contributed by atoms with Gasteiger partial charge in [-0.15, -0.1) is 0 Å². The average molecular weight is 527 g/mol. The first-order chi connectivity index (χ1) is 15.3. The number of nitrogens with one attached hydrogen (secondary N) is 1. The molecule has 0 heterocycles. The third-order valence-electron chi connectivity index (χ3n) is 4.21. The molecule has 3 aromatic carbocycles. The molecule has 162 valence electrons. The highest BCUT2D eigenvalue weighted by Crippen LogP contribution is 2.35. The van der Waals surface area contributed by atoms with Gasteiger partial charge >= 0.3 is 0 Å². The minimum Gasteiger partial charge on any atom is -0.487 e. The summed E-state index contributed by atoms with van der Waals surface area (Å²) in [6.07, 6.45) is 1.34. The van der Waals surface area contributed by atoms with E-state index in [9.17, 15) is 10.1 Å². The highest BCUT2D eigenvalue weighted by Gasteiger charge is 2.16. The Bertz CT molecular complexity index is 1250. The Morgan fingerprint density at radius 2 is 1.66 bits per heavy atom. The predicted octanol–water partition coefficient (Wildman–Crippen LogP) is 8.08. The summed E-state index contributed by atoms with van der Waals surface area (Å²) < 4.78 is 5.87. The zero-order valence-corrected chi connectivity index (χ0v) is 19.9. The largest absolute Gasteiger partial charge is 0.487 e. The number of halogens is 5. The smallest absolute Gasteiger partial charge is 0.266 e. The van der Waals surface area contributed by atoms with Gasteiger partial charge in [-0.1, -0.05) is 76.2 Å². The zero-order valence-electron chi connectivity index (χ0n) is 16.1. The topological polar surface area (TPSA) is 62.1 Å². The first-order valence-electron chi connectivity index (χ1n) is 9.02. The summed E-state index contributed by atoms with van der Waals surface area (Å²) in [5, 5.41) is 13.9. The molecule has 32 heavy (non-hydrogen) atoms. The number of carbonyl (C=O) groups is 1. The molecule has 9 heteroatoms. The van der Waals surface area contributed by atoms with Crippen LogP contribution in [0.15, 0.2) is 60.2 Å². The zero-order chi connectivity index (χ0) is 23.3. The summed E-state index contributed by atoms with van der Waals surface area (Å²) in [4.78, 5) is 12.6. The van der Waals surface area contributed by atoms with E-state index in [4.69, 9.17) is 62.7 Å². The highest BCUT2D eigenvalue weighted by molar-refractivity contribution is 6.36. The van der Waals surface area contributed by atoms with Crippen molar-refractivity contribution in [2.45, 2.75) is 6.61 Å². The van der Waals surface area contributed by atoms with Crippen molar-refractivity contribution in [2.24, 2.45) is 0 Å². The number of nitriles is 1. The molecule has 3 rings (SSSR count). The molecule has 0 aliphatic carbocycles. The maximum Gasteiger partial charge on any atom is 0.266 e. The fourth-order valence-corrected chi connectivity index (χ4v) is 3.89. The number of hydrogen-bond donors (Lipinski definition) is 1. The number of carbonyl (C=O) groups excluding carboxylic acids is 1. The Kier molecular flexibility index (Phi) is 8.31. The summed E-state index contributed by atoms with van der Waals surface area (Å²) in [6.45, 7) is 0.0753. The lowest BCUT2D eigenvalue weighted by Crippen LogP contribution is -2.13. The van der Waals surface area contributed by atoms with Crippen LogP contribution in [0, 0.1) is 11.3 Å². The monoisotopic (exact) mass is 524 g/mol. The van der Waals surface area contributed by atoms with E-state index < -0.39 is 5.91 Å². The molecule has 4 nitrogen and oxygen atoms in total. The molecular weight excluding hydrogens is 514 g/mol. The quantitative estimate of drug-likeness (QED) is 0.261. The maximum absolute atomic E-state index is 12.6. The van der Waals surface area contributed by atoms with Crippen LogP contribution in [0.1, 0.15) is 11.1 Å². The second-order valence-electron chi connectivity index (χ2n) is 6.43. The van der Waals surface area contributed by atoms with E-state index in [1.54, 1.807) is 42.5 Å². The van der Waals surface area contributed by atoms with Gasteiger partial charge in [0.1, 0.15) is 24.0 Å². The van der Waals surface area contributed by atoms with E-state index in [1.807, 2.05) is 6.07 Å². The molecule has 0 aliphatic heterocycles. The second-order valence-corrected chi connectivity index (χ2v) is 8.53. The molecule has 1 amide bonds. The molecule has 0 unspecified atom stereocenters. The number of hydrogen-bond acceptors (Lipinski definition) is 3. The van der Waals surface area contributed by atoms with Gasteiger partial charge in [0.25, 0.3) is 5.91 Å². The van der Waals surface area contributed by atoms with Crippen LogP contribution in [0.5, 0.6) is 5.75 Å². The molecule has 3 aromatic rings. The summed E-state index contributed by atoms with van der Waals surface area (Å²) in [5.41, 5.74) is 1.20. The van der Waals surface area contributed by atoms with Gasteiger partial charge in [-0.05, 0) is 42.5 Å². The molecule has 0 aromatic heterocycles. The Hall–Kier alpha value is -2.39. The summed E-state index contributed by atoms with van der Waals surface area (Å²) in [7, 11) is 0. The van der Waals surface area contributed by atoms with Crippen LogP contribution in [0.3, 0.4) is 0 Å². The first-order valence-corrected chi connectivity index (χ1v) is 10.9. The van der Waals surface area contributed by atoms with E-state index in [0.29, 0.717) is 36.9 Å². The van der Waals surface area contributed by atoms with E-state index in [0.717, 1.165) is 0 Å². The van der Waals surface area contributed by atoms with Crippen LogP contribution in [0.2, 0.25) is 25.1 Å². The third kappa shape index (κ3) is 6.10. The normalized spacial score (nSPS) is 11.1. The van der Waals surface area contributed by atoms with Crippen LogP contribution in [0.25, 0.3) is 6.08 Å². The Labute approximate surface area is 209 Å². The standard InChI is InChI=1S/C23H13Cl5N2O2/c24-16-6-5-13(19(27)9-16)12-32-22-14(8-17(25)10-20(22)28)7-15(11-29)23(31)30-21-4-2-1-3-18(21)26/h1-10H,12H2,(H,30,31)/b15-7+. The van der Waals surface area contributed by atoms with E-state index in [1.165, 1.54) is 18.2 Å². The van der Waals surface area contributed by atoms with Gasteiger partial charge in [-0.3, -0.25) is 4.79 Å². The number of nitrogens with zero attached hydrogens (tertiary/aromatic N) is 1. The number of ether oxygens (including phenoxy) is 1. The summed E-state index contributed by atoms with van der Waals surface area (Å²) in [5.74, 6) is -0.413. The Morgan fingerprint density at radius 1 is 0.938 bits per heavy atom. The van der Waals surface area contributed by atoms with Gasteiger partial charge in [0, 0.05) is 26.2 Å². The van der Waals surface area contributed by atoms with Crippen molar-refractivity contribution in [3.05, 3.63) is 96.4 Å². The molecule has 0 atom stereocenters. The van der Waals surface area contributed by atoms with E-state index in [-0.39, 0.29) is 23.0 Å². The molecular formula is C23H13Cl5N2O2. The molecule has 0 bridgehead atoms. The lowest BCUT2D eigenvalue weighted by molar-refractivity contribution is -0.112. The maximum atomic E-state index is 12.6. The van der Waals surface area contributed by atoms with Crippen LogP contribution in [0.4, 0.5) is 5.69 Å². The molecule has 0 fully saturated rings. The van der Waals surface area contributed by atoms with Gasteiger partial charge in [0.2, 0.25) is 0 Å². The second kappa shape index (κ2) is 11.0. The third-order valence-corrected chi connectivity index (χ3v) is 5.63. The van der Waals surface area contributed by atoms with Crippen molar-refractivity contribution >= 4 is 75.7 Å². The molecule has 0 spiro atoms. The lowest BCUT2D eigenvalue weighted by Gasteiger charge is -2.13. The molecule has 0 saturated carbocycles. The minimum atomic E-state index is -0.650. The SMILES string of the molecule is N#C/C(=C\c1cc(Cl)cc(Cl)c1OCc1ccc(Cl)cc1Cl)C(=O)Nc1ccccc1Cl. The molecule has 0 radical (unpaired) electrons. The Balaban J connectivity index is 1.91. The molecule has 0 aliphatic rings. The van der Waals surface area contributed by atoms with E-state index >= 15 is 0 Å². The number of anilines is 1. The fraction of sp³-hybridized carbons (Fsp3) is 0.0435. The van der Waals surface area contributed by atoms with Crippen LogP contribution in [-0.2, 0) is 11.4 Å². The van der Waals surface area contributed by atoms with Gasteiger partial charge in [-0.25, -0.2) is 0 Å². The van der Waals surface area contributed by atoms with E-state index in [2.05, 4.69) is 5.32 Å². The molecule has 0 saturated heterocycles. The summed E-state index contributed by atoms with van der Waals surface area (Å²) in [6, 6.07) is 16.6. The number of para-hydroxylation sites is 1. The first kappa shape index (κ1) is 24.3. The average Bonchev–Trinajstić information content (AvgIpc) is 2.74. The number of amides is 1. The summed E-state index contributed by atoms with van der Waals surface area (Å²) >= 11 is 30.7. The lowest BCUT2D eigenvalue weighted by atomic mass is 10.1. The fourth-order valence-electron chi connectivity index (χ4n) is 2.68.